The maximum Gasteiger partial charge on any atom is 0.295 e. The normalized spacial score (nSPS) is 24.3. The highest BCUT2D eigenvalue weighted by atomic mass is 79.9. The predicted molar refractivity (Wildman–Crippen MR) is 138 cm³/mol. The van der Waals surface area contributed by atoms with E-state index in [-0.39, 0.29) is 5.88 Å². The highest BCUT2D eigenvalue weighted by molar-refractivity contribution is 9.10. The third kappa shape index (κ3) is 4.41. The summed E-state index contributed by atoms with van der Waals surface area (Å²) in [6, 6.07) is 12.8. The van der Waals surface area contributed by atoms with Crippen molar-refractivity contribution >= 4 is 50.0 Å². The molecule has 6 nitrogen and oxygen atoms in total. The van der Waals surface area contributed by atoms with E-state index in [4.69, 9.17) is 11.6 Å². The molecule has 0 unspecified atom stereocenters. The van der Waals surface area contributed by atoms with Gasteiger partial charge in [-0.3, -0.25) is 14.3 Å². The summed E-state index contributed by atoms with van der Waals surface area (Å²) in [5.74, 6) is -0.470. The molecule has 0 spiro atoms. The number of rotatable bonds is 4. The number of hydrogen-bond acceptors (Lipinski definition) is 4. The summed E-state index contributed by atoms with van der Waals surface area (Å²) < 4.78 is 2.75. The zero-order valence-electron chi connectivity index (χ0n) is 19.6. The Balaban J connectivity index is 1.49. The molecule has 2 aliphatic rings. The highest BCUT2D eigenvalue weighted by Gasteiger charge is 2.49. The molecule has 1 aliphatic carbocycles. The van der Waals surface area contributed by atoms with Crippen LogP contribution >= 0.6 is 27.5 Å². The Morgan fingerprint density at radius 3 is 2.65 bits per heavy atom. The Morgan fingerprint density at radius 1 is 1.18 bits per heavy atom. The fourth-order valence-corrected chi connectivity index (χ4v) is 6.69. The molecule has 1 saturated carbocycles. The van der Waals surface area contributed by atoms with Crippen molar-refractivity contribution in [2.75, 3.05) is 6.54 Å². The molecule has 178 valence electrons. The van der Waals surface area contributed by atoms with Crippen LogP contribution in [-0.2, 0) is 6.67 Å². The van der Waals surface area contributed by atoms with E-state index in [0.29, 0.717) is 39.8 Å². The van der Waals surface area contributed by atoms with Gasteiger partial charge in [-0.1, -0.05) is 48.3 Å². The first kappa shape index (κ1) is 23.5. The number of halogens is 2. The van der Waals surface area contributed by atoms with Crippen LogP contribution in [-0.4, -0.2) is 33.1 Å². The standard InChI is InChI=1S/C26H28BrClN4O2/c1-25(2)11-19-12-26(3,13-25)14-31(19)15-32-21-9-6-17(27)10-20(21)22(24(32)34)29-30-23(33)16-4-7-18(28)8-5-16/h4-10,19,34H,11-15H2,1-3H3/t19-,26+/m0/s1. The topological polar surface area (TPSA) is 70.2 Å². The molecule has 1 saturated heterocycles. The summed E-state index contributed by atoms with van der Waals surface area (Å²) in [5.41, 5.74) is 2.16. The van der Waals surface area contributed by atoms with Crippen LogP contribution in [0.5, 0.6) is 5.88 Å². The molecule has 2 aromatic carbocycles. The van der Waals surface area contributed by atoms with Crippen molar-refractivity contribution in [3.05, 3.63) is 57.5 Å². The van der Waals surface area contributed by atoms with Gasteiger partial charge in [-0.15, -0.1) is 10.2 Å². The van der Waals surface area contributed by atoms with Crippen LogP contribution in [0.4, 0.5) is 5.69 Å². The Hall–Kier alpha value is -2.22. The second kappa shape index (κ2) is 8.47. The lowest BCUT2D eigenvalue weighted by atomic mass is 9.65. The molecule has 34 heavy (non-hydrogen) atoms. The largest absolute Gasteiger partial charge is 0.493 e. The predicted octanol–water partition coefficient (Wildman–Crippen LogP) is 7.55. The number of benzene rings is 2. The Kier molecular flexibility index (Phi) is 5.86. The minimum absolute atomic E-state index is 0.0200. The van der Waals surface area contributed by atoms with Crippen molar-refractivity contribution < 1.29 is 9.90 Å². The van der Waals surface area contributed by atoms with E-state index in [1.165, 1.54) is 12.8 Å². The van der Waals surface area contributed by atoms with Crippen molar-refractivity contribution in [1.82, 2.24) is 9.47 Å². The molecule has 2 fully saturated rings. The fraction of sp³-hybridized carbons (Fsp3) is 0.423. The van der Waals surface area contributed by atoms with Crippen LogP contribution in [0.25, 0.3) is 10.9 Å². The number of aromatic nitrogens is 1. The van der Waals surface area contributed by atoms with Crippen molar-refractivity contribution in [2.24, 2.45) is 21.1 Å². The quantitative estimate of drug-likeness (QED) is 0.345. The number of carbonyl (C=O) groups is 1. The summed E-state index contributed by atoms with van der Waals surface area (Å²) in [5, 5.41) is 20.6. The molecule has 8 heteroatoms. The number of aromatic hydroxyl groups is 1. The van der Waals surface area contributed by atoms with Gasteiger partial charge in [0, 0.05) is 33.0 Å². The van der Waals surface area contributed by atoms with E-state index in [2.05, 4.69) is 51.8 Å². The first-order chi connectivity index (χ1) is 16.0. The maximum absolute atomic E-state index is 12.5. The number of amides is 1. The van der Waals surface area contributed by atoms with Gasteiger partial charge in [0.15, 0.2) is 5.69 Å². The number of hydrogen-bond donors (Lipinski definition) is 1. The lowest BCUT2D eigenvalue weighted by molar-refractivity contribution is 0.0995. The van der Waals surface area contributed by atoms with E-state index in [1.807, 2.05) is 22.8 Å². The van der Waals surface area contributed by atoms with Crippen LogP contribution in [0.15, 0.2) is 57.2 Å². The molecule has 2 bridgehead atoms. The lowest BCUT2D eigenvalue weighted by Crippen LogP contribution is -2.35. The second-order valence-corrected chi connectivity index (χ2v) is 12.2. The molecule has 2 atom stereocenters. The number of fused-ring (bicyclic) bond motifs is 3. The molecule has 1 amide bonds. The molecular weight excluding hydrogens is 516 g/mol. The second-order valence-electron chi connectivity index (χ2n) is 10.9. The molecule has 0 radical (unpaired) electrons. The zero-order valence-corrected chi connectivity index (χ0v) is 21.9. The lowest BCUT2D eigenvalue weighted by Gasteiger charge is -2.40. The molecule has 2 heterocycles. The summed E-state index contributed by atoms with van der Waals surface area (Å²) in [6.45, 7) is 8.67. The molecule has 1 aliphatic heterocycles. The molecule has 1 aromatic heterocycles. The minimum Gasteiger partial charge on any atom is -0.493 e. The number of carbonyl (C=O) groups excluding carboxylic acids is 1. The van der Waals surface area contributed by atoms with Crippen LogP contribution in [0.2, 0.25) is 5.02 Å². The van der Waals surface area contributed by atoms with Crippen molar-refractivity contribution in [3.63, 3.8) is 0 Å². The summed E-state index contributed by atoms with van der Waals surface area (Å²) in [6.07, 6.45) is 3.55. The molecule has 5 rings (SSSR count). The Bertz CT molecular complexity index is 1300. The van der Waals surface area contributed by atoms with E-state index in [9.17, 15) is 9.90 Å². The first-order valence-corrected chi connectivity index (χ1v) is 12.7. The summed E-state index contributed by atoms with van der Waals surface area (Å²) >= 11 is 9.43. The van der Waals surface area contributed by atoms with Gasteiger partial charge in [0.2, 0.25) is 5.88 Å². The van der Waals surface area contributed by atoms with E-state index in [1.54, 1.807) is 24.3 Å². The summed E-state index contributed by atoms with van der Waals surface area (Å²) in [4.78, 5) is 15.0. The minimum atomic E-state index is -0.490. The molecule has 1 N–H and O–H groups in total. The van der Waals surface area contributed by atoms with Gasteiger partial charge < -0.3 is 5.11 Å². The van der Waals surface area contributed by atoms with Gasteiger partial charge >= 0.3 is 0 Å². The average Bonchev–Trinajstić information content (AvgIpc) is 3.15. The van der Waals surface area contributed by atoms with Gasteiger partial charge in [0.05, 0.1) is 12.2 Å². The first-order valence-electron chi connectivity index (χ1n) is 11.5. The SMILES string of the molecule is CC1(C)C[C@H]2C[C@@](C)(CN2Cn2c(O)c(N=NC(=O)c3ccc(Cl)cc3)c3cc(Br)ccc32)C1. The number of likely N-dealkylation sites (tertiary alicyclic amines) is 1. The molecular formula is C26H28BrClN4O2. The Labute approximate surface area is 212 Å². The smallest absolute Gasteiger partial charge is 0.295 e. The van der Waals surface area contributed by atoms with E-state index < -0.39 is 5.91 Å². The van der Waals surface area contributed by atoms with Crippen LogP contribution in [0, 0.1) is 10.8 Å². The van der Waals surface area contributed by atoms with E-state index in [0.717, 1.165) is 28.3 Å². The molecule has 3 aromatic rings. The van der Waals surface area contributed by atoms with Crippen LogP contribution in [0.1, 0.15) is 50.4 Å². The number of nitrogens with zero attached hydrogens (tertiary/aromatic N) is 4. The monoisotopic (exact) mass is 542 g/mol. The van der Waals surface area contributed by atoms with Crippen LogP contribution < -0.4 is 0 Å². The summed E-state index contributed by atoms with van der Waals surface area (Å²) in [7, 11) is 0. The van der Waals surface area contributed by atoms with Gasteiger partial charge in [0.1, 0.15) is 0 Å². The third-order valence-electron chi connectivity index (χ3n) is 7.15. The van der Waals surface area contributed by atoms with Crippen molar-refractivity contribution in [1.29, 1.82) is 0 Å². The fourth-order valence-electron chi connectivity index (χ4n) is 6.21. The number of azo groups is 1. The van der Waals surface area contributed by atoms with Crippen molar-refractivity contribution in [2.45, 2.75) is 52.7 Å². The zero-order chi connectivity index (χ0) is 24.3. The third-order valence-corrected chi connectivity index (χ3v) is 7.90. The highest BCUT2D eigenvalue weighted by Crippen LogP contribution is 2.53. The van der Waals surface area contributed by atoms with Gasteiger partial charge in [-0.25, -0.2) is 0 Å². The van der Waals surface area contributed by atoms with Crippen molar-refractivity contribution in [3.8, 4) is 5.88 Å². The average molecular weight is 544 g/mol. The van der Waals surface area contributed by atoms with E-state index >= 15 is 0 Å². The van der Waals surface area contributed by atoms with Crippen LogP contribution in [0.3, 0.4) is 0 Å². The Morgan fingerprint density at radius 2 is 1.91 bits per heavy atom. The van der Waals surface area contributed by atoms with Gasteiger partial charge in [-0.2, -0.15) is 0 Å². The van der Waals surface area contributed by atoms with Gasteiger partial charge in [-0.05, 0) is 72.6 Å². The maximum atomic E-state index is 12.5. The van der Waals surface area contributed by atoms with Gasteiger partial charge in [0.25, 0.3) is 5.91 Å².